The van der Waals surface area contributed by atoms with Crippen molar-refractivity contribution in [2.75, 3.05) is 4.90 Å². The molecule has 0 radical (unpaired) electrons. The van der Waals surface area contributed by atoms with Crippen LogP contribution < -0.4 is 26.2 Å². The molecule has 218 valence electrons. The minimum atomic E-state index is -2.04. The van der Waals surface area contributed by atoms with Gasteiger partial charge in [-0.2, -0.15) is 0 Å². The van der Waals surface area contributed by atoms with E-state index in [1.54, 1.807) is 0 Å². The highest BCUT2D eigenvalue weighted by Crippen LogP contribution is 2.50. The molecule has 9 aromatic rings. The van der Waals surface area contributed by atoms with Gasteiger partial charge in [0, 0.05) is 49.5 Å². The average molecular weight is 615 g/mol. The summed E-state index contributed by atoms with van der Waals surface area (Å²) in [5.41, 5.74) is 13.7. The number of aromatic nitrogens is 1. The maximum absolute atomic E-state index is 6.95. The molecule has 3 aliphatic heterocycles. The molecule has 2 aromatic heterocycles. The Bertz CT molecular complexity index is 2910. The Balaban J connectivity index is 1.36. The Hall–Kier alpha value is -5.52. The van der Waals surface area contributed by atoms with E-state index in [4.69, 9.17) is 4.42 Å². The fourth-order valence-corrected chi connectivity index (χ4v) is 12.6. The molecule has 7 aromatic carbocycles. The lowest BCUT2D eigenvalue weighted by Gasteiger charge is -2.47. The van der Waals surface area contributed by atoms with Crippen LogP contribution in [0.4, 0.5) is 17.1 Å². The van der Waals surface area contributed by atoms with Crippen LogP contribution >= 0.6 is 0 Å². The molecule has 0 atom stereocenters. The molecule has 0 bridgehead atoms. The van der Waals surface area contributed by atoms with Gasteiger partial charge in [0.1, 0.15) is 13.7 Å². The van der Waals surface area contributed by atoms with Crippen molar-refractivity contribution in [3.8, 4) is 11.1 Å². The highest BCUT2D eigenvalue weighted by atomic mass is 28.3. The monoisotopic (exact) mass is 614 g/mol. The molecule has 0 N–H and O–H groups in total. The molecule has 5 heterocycles. The number of benzene rings is 7. The van der Waals surface area contributed by atoms with Crippen molar-refractivity contribution in [2.45, 2.75) is 13.1 Å². The summed E-state index contributed by atoms with van der Waals surface area (Å²) in [5, 5.41) is 10.6. The molecule has 0 aliphatic carbocycles. The van der Waals surface area contributed by atoms with Crippen LogP contribution in [0, 0.1) is 0 Å². The van der Waals surface area contributed by atoms with Gasteiger partial charge in [-0.3, -0.25) is 0 Å². The van der Waals surface area contributed by atoms with Crippen LogP contribution in [0.25, 0.3) is 65.6 Å². The van der Waals surface area contributed by atoms with Crippen LogP contribution in [0.15, 0.2) is 132 Å². The maximum Gasteiger partial charge on any atom is 0.333 e. The second-order valence-electron chi connectivity index (χ2n) is 14.0. The zero-order chi connectivity index (χ0) is 30.8. The number of fused-ring (bicyclic) bond motifs is 15. The molecular formula is C42H27BN2OSi. The average Bonchev–Trinajstić information content (AvgIpc) is 3.66. The third kappa shape index (κ3) is 2.72. The lowest BCUT2D eigenvalue weighted by Crippen LogP contribution is -2.65. The van der Waals surface area contributed by atoms with Crippen molar-refractivity contribution < 1.29 is 4.42 Å². The first kappa shape index (κ1) is 24.7. The van der Waals surface area contributed by atoms with E-state index in [1.165, 1.54) is 92.8 Å². The molecular weight excluding hydrogens is 587 g/mol. The normalized spacial score (nSPS) is 15.1. The van der Waals surface area contributed by atoms with E-state index < -0.39 is 8.07 Å². The quantitative estimate of drug-likeness (QED) is 0.160. The van der Waals surface area contributed by atoms with Crippen molar-refractivity contribution >= 4 is 108 Å². The summed E-state index contributed by atoms with van der Waals surface area (Å²) in [7, 11) is -2.04. The van der Waals surface area contributed by atoms with E-state index in [-0.39, 0.29) is 6.85 Å². The molecule has 5 heteroatoms. The minimum Gasteiger partial charge on any atom is -0.454 e. The van der Waals surface area contributed by atoms with Crippen molar-refractivity contribution in [2.24, 2.45) is 0 Å². The van der Waals surface area contributed by atoms with Gasteiger partial charge < -0.3 is 13.8 Å². The minimum absolute atomic E-state index is 0.00920. The lowest BCUT2D eigenvalue weighted by atomic mass is 9.45. The molecule has 12 rings (SSSR count). The Morgan fingerprint density at radius 3 is 2.32 bits per heavy atom. The molecule has 0 unspecified atom stereocenters. The highest BCUT2D eigenvalue weighted by molar-refractivity contribution is 7.04. The first-order chi connectivity index (χ1) is 23.1. The number of hydrogen-bond donors (Lipinski definition) is 0. The SMILES string of the molecule is C[Si]1(C)c2ccccc2N2c3c(cccc31)B1c3c(cc4c(oc5ccccc54)c32)-c2cccc3c4c5ccccc5ccc4n1c23. The Morgan fingerprint density at radius 1 is 0.617 bits per heavy atom. The van der Waals surface area contributed by atoms with Crippen LogP contribution in [0.1, 0.15) is 0 Å². The largest absolute Gasteiger partial charge is 0.454 e. The van der Waals surface area contributed by atoms with Gasteiger partial charge in [0.15, 0.2) is 5.58 Å². The summed E-state index contributed by atoms with van der Waals surface area (Å²) in [6.45, 7) is 5.05. The predicted octanol–water partition coefficient (Wildman–Crippen LogP) is 8.40. The second kappa shape index (κ2) is 8.06. The van der Waals surface area contributed by atoms with Crippen molar-refractivity contribution in [3.63, 3.8) is 0 Å². The highest BCUT2D eigenvalue weighted by Gasteiger charge is 2.49. The van der Waals surface area contributed by atoms with Crippen LogP contribution in [-0.4, -0.2) is 19.4 Å². The van der Waals surface area contributed by atoms with Gasteiger partial charge >= 0.3 is 6.85 Å². The fraction of sp³-hybridized carbons (Fsp3) is 0.0476. The number of nitrogens with zero attached hydrogens (tertiary/aromatic N) is 2. The van der Waals surface area contributed by atoms with E-state index in [1.807, 2.05) is 0 Å². The van der Waals surface area contributed by atoms with E-state index in [0.717, 1.165) is 11.2 Å². The van der Waals surface area contributed by atoms with Gasteiger partial charge in [-0.25, -0.2) is 0 Å². The number of hydrogen-bond acceptors (Lipinski definition) is 2. The van der Waals surface area contributed by atoms with Crippen LogP contribution in [0.2, 0.25) is 13.1 Å². The van der Waals surface area contributed by atoms with Gasteiger partial charge in [-0.15, -0.1) is 0 Å². The molecule has 0 spiro atoms. The van der Waals surface area contributed by atoms with Crippen LogP contribution in [0.3, 0.4) is 0 Å². The second-order valence-corrected chi connectivity index (χ2v) is 18.4. The summed E-state index contributed by atoms with van der Waals surface area (Å²) < 4.78 is 9.62. The molecule has 0 fully saturated rings. The Kier molecular flexibility index (Phi) is 4.23. The molecule has 0 saturated heterocycles. The molecule has 47 heavy (non-hydrogen) atoms. The van der Waals surface area contributed by atoms with E-state index in [2.05, 4.69) is 150 Å². The van der Waals surface area contributed by atoms with Gasteiger partial charge in [-0.1, -0.05) is 116 Å². The number of anilines is 3. The number of rotatable bonds is 0. The summed E-state index contributed by atoms with van der Waals surface area (Å²) in [5.74, 6) is 0. The molecule has 0 amide bonds. The Morgan fingerprint density at radius 2 is 1.38 bits per heavy atom. The molecule has 3 aliphatic rings. The standard InChI is InChI=1S/C42H27BN2OSi/c1-47(2)35-19-8-6-17-32(35)44-40-31(16-10-20-36(40)47)43-38-29(23-30-26-13-5-7-18-34(26)46-42(30)41(38)44)27-14-9-15-28-37-25-12-4-3-11-24(25)21-22-33(37)45(43)39(27)28/h3-23H,1-2H3. The lowest BCUT2D eigenvalue weighted by molar-refractivity contribution is 0.669. The summed E-state index contributed by atoms with van der Waals surface area (Å²) in [6.07, 6.45) is 0. The zero-order valence-corrected chi connectivity index (χ0v) is 27.0. The zero-order valence-electron chi connectivity index (χ0n) is 26.0. The smallest absolute Gasteiger partial charge is 0.333 e. The third-order valence-electron chi connectivity index (χ3n) is 11.5. The first-order valence-corrected chi connectivity index (χ1v) is 19.6. The van der Waals surface area contributed by atoms with Crippen molar-refractivity contribution in [1.82, 2.24) is 4.48 Å². The van der Waals surface area contributed by atoms with Gasteiger partial charge in [-0.05, 0) is 61.9 Å². The van der Waals surface area contributed by atoms with Crippen LogP contribution in [-0.2, 0) is 0 Å². The number of para-hydroxylation sites is 4. The topological polar surface area (TPSA) is 21.3 Å². The predicted molar refractivity (Wildman–Crippen MR) is 202 cm³/mol. The summed E-state index contributed by atoms with van der Waals surface area (Å²) in [4.78, 5) is 2.59. The van der Waals surface area contributed by atoms with Crippen molar-refractivity contribution in [3.05, 3.63) is 127 Å². The van der Waals surface area contributed by atoms with E-state index in [0.29, 0.717) is 0 Å². The third-order valence-corrected chi connectivity index (χ3v) is 15.0. The van der Waals surface area contributed by atoms with E-state index >= 15 is 0 Å². The molecule has 3 nitrogen and oxygen atoms in total. The summed E-state index contributed by atoms with van der Waals surface area (Å²) >= 11 is 0. The van der Waals surface area contributed by atoms with Gasteiger partial charge in [0.25, 0.3) is 0 Å². The molecule has 0 saturated carbocycles. The van der Waals surface area contributed by atoms with Crippen LogP contribution in [0.5, 0.6) is 0 Å². The first-order valence-electron chi connectivity index (χ1n) is 16.6. The van der Waals surface area contributed by atoms with Gasteiger partial charge in [0.05, 0.1) is 5.69 Å². The Labute approximate surface area is 272 Å². The number of furan rings is 1. The fourth-order valence-electron chi connectivity index (χ4n) is 9.59. The van der Waals surface area contributed by atoms with Crippen molar-refractivity contribution in [1.29, 1.82) is 0 Å². The van der Waals surface area contributed by atoms with E-state index in [9.17, 15) is 0 Å². The van der Waals surface area contributed by atoms with Gasteiger partial charge in [0.2, 0.25) is 0 Å². The summed E-state index contributed by atoms with van der Waals surface area (Å²) in [6, 6.07) is 47.7. The maximum atomic E-state index is 6.95.